The van der Waals surface area contributed by atoms with Crippen LogP contribution in [0, 0.1) is 0 Å². The van der Waals surface area contributed by atoms with Gasteiger partial charge in [0.25, 0.3) is 5.91 Å². The molecule has 2 aromatic rings. The van der Waals surface area contributed by atoms with Crippen LogP contribution in [-0.2, 0) is 4.79 Å². The molecule has 0 unspecified atom stereocenters. The van der Waals surface area contributed by atoms with Crippen molar-refractivity contribution in [3.8, 4) is 0 Å². The summed E-state index contributed by atoms with van der Waals surface area (Å²) in [6.07, 6.45) is 3.53. The maximum Gasteiger partial charge on any atom is 0.275 e. The number of carbonyl (C=O) groups is 1. The van der Waals surface area contributed by atoms with Gasteiger partial charge in [0.15, 0.2) is 5.84 Å². The average Bonchev–Trinajstić information content (AvgIpc) is 3.06. The molecule has 0 radical (unpaired) electrons. The van der Waals surface area contributed by atoms with Crippen LogP contribution in [0.4, 0.5) is 5.69 Å². The number of rotatable bonds is 2. The Balaban J connectivity index is 1.85. The van der Waals surface area contributed by atoms with Crippen molar-refractivity contribution in [3.63, 3.8) is 0 Å². The molecule has 0 spiro atoms. The molecule has 100 valence electrons. The second-order valence-electron chi connectivity index (χ2n) is 4.22. The fourth-order valence-corrected chi connectivity index (χ4v) is 1.95. The van der Waals surface area contributed by atoms with Gasteiger partial charge in [-0.1, -0.05) is 11.6 Å². The van der Waals surface area contributed by atoms with Gasteiger partial charge in [-0.3, -0.25) is 4.79 Å². The van der Waals surface area contributed by atoms with Crippen molar-refractivity contribution in [2.24, 2.45) is 5.10 Å². The SMILES string of the molecule is O=C1NN=C(Nc2ccc(Cl)cc2)C1=Cc1ccc[nH]1. The lowest BCUT2D eigenvalue weighted by molar-refractivity contribution is -0.116. The molecule has 0 saturated carbocycles. The summed E-state index contributed by atoms with van der Waals surface area (Å²) in [5, 5.41) is 7.73. The van der Waals surface area contributed by atoms with Crippen molar-refractivity contribution in [3.05, 3.63) is 58.9 Å². The average molecular weight is 287 g/mol. The zero-order chi connectivity index (χ0) is 13.9. The molecule has 0 atom stereocenters. The molecule has 5 nitrogen and oxygen atoms in total. The number of halogens is 1. The first kappa shape index (κ1) is 12.5. The van der Waals surface area contributed by atoms with E-state index in [0.29, 0.717) is 16.4 Å². The Morgan fingerprint density at radius 3 is 2.70 bits per heavy atom. The van der Waals surface area contributed by atoms with Gasteiger partial charge in [0.2, 0.25) is 0 Å². The largest absolute Gasteiger partial charge is 0.362 e. The number of nitrogens with one attached hydrogen (secondary N) is 3. The Bertz CT molecular complexity index is 686. The second-order valence-corrected chi connectivity index (χ2v) is 4.65. The van der Waals surface area contributed by atoms with E-state index in [0.717, 1.165) is 11.4 Å². The van der Waals surface area contributed by atoms with Gasteiger partial charge in [-0.2, -0.15) is 5.10 Å². The number of aromatic amines is 1. The highest BCUT2D eigenvalue weighted by atomic mass is 35.5. The standard InChI is InChI=1S/C14H11ClN4O/c15-9-3-5-10(6-4-9)17-13-12(14(20)19-18-13)8-11-2-1-7-16-11/h1-8,16H,(H,17,18)(H,19,20). The van der Waals surface area contributed by atoms with Crippen LogP contribution in [-0.4, -0.2) is 16.7 Å². The third kappa shape index (κ3) is 2.57. The molecular weight excluding hydrogens is 276 g/mol. The Kier molecular flexibility index (Phi) is 3.26. The van der Waals surface area contributed by atoms with Crippen LogP contribution in [0.1, 0.15) is 5.69 Å². The number of aromatic nitrogens is 1. The number of hydrogen-bond acceptors (Lipinski definition) is 3. The van der Waals surface area contributed by atoms with E-state index in [1.807, 2.05) is 24.3 Å². The quantitative estimate of drug-likeness (QED) is 0.743. The minimum absolute atomic E-state index is 0.240. The summed E-state index contributed by atoms with van der Waals surface area (Å²) in [7, 11) is 0. The van der Waals surface area contributed by atoms with Crippen LogP contribution >= 0.6 is 11.6 Å². The summed E-state index contributed by atoms with van der Waals surface area (Å²) >= 11 is 5.83. The lowest BCUT2D eigenvalue weighted by atomic mass is 10.2. The normalized spacial score (nSPS) is 16.1. The maximum absolute atomic E-state index is 11.8. The van der Waals surface area contributed by atoms with E-state index >= 15 is 0 Å². The van der Waals surface area contributed by atoms with Gasteiger partial charge in [-0.05, 0) is 42.5 Å². The highest BCUT2D eigenvalue weighted by molar-refractivity contribution is 6.31. The van der Waals surface area contributed by atoms with Crippen molar-refractivity contribution in [1.29, 1.82) is 0 Å². The topological polar surface area (TPSA) is 69.3 Å². The van der Waals surface area contributed by atoms with Gasteiger partial charge >= 0.3 is 0 Å². The molecule has 6 heteroatoms. The third-order valence-corrected chi connectivity index (χ3v) is 3.05. The van der Waals surface area contributed by atoms with E-state index in [2.05, 4.69) is 20.8 Å². The lowest BCUT2D eigenvalue weighted by Gasteiger charge is -2.05. The zero-order valence-electron chi connectivity index (χ0n) is 10.4. The summed E-state index contributed by atoms with van der Waals surface area (Å²) in [6.45, 7) is 0. The van der Waals surface area contributed by atoms with E-state index in [1.54, 1.807) is 24.4 Å². The van der Waals surface area contributed by atoms with Crippen molar-refractivity contribution in [2.75, 3.05) is 5.32 Å². The Morgan fingerprint density at radius 1 is 1.20 bits per heavy atom. The number of nitrogens with zero attached hydrogens (tertiary/aromatic N) is 1. The molecule has 3 rings (SSSR count). The van der Waals surface area contributed by atoms with Crippen molar-refractivity contribution in [2.45, 2.75) is 0 Å². The van der Waals surface area contributed by atoms with Gasteiger partial charge < -0.3 is 10.3 Å². The van der Waals surface area contributed by atoms with Crippen LogP contribution in [0.2, 0.25) is 5.02 Å². The predicted octanol–water partition coefficient (Wildman–Crippen LogP) is 2.61. The molecule has 2 heterocycles. The van der Waals surface area contributed by atoms with Crippen LogP contribution in [0.5, 0.6) is 0 Å². The van der Waals surface area contributed by atoms with Gasteiger partial charge in [-0.25, -0.2) is 5.43 Å². The van der Waals surface area contributed by atoms with Gasteiger partial charge in [-0.15, -0.1) is 0 Å². The molecule has 1 aliphatic rings. The van der Waals surface area contributed by atoms with Crippen LogP contribution in [0.3, 0.4) is 0 Å². The smallest absolute Gasteiger partial charge is 0.275 e. The molecule has 0 saturated heterocycles. The van der Waals surface area contributed by atoms with Crippen LogP contribution in [0.15, 0.2) is 53.3 Å². The van der Waals surface area contributed by atoms with Crippen molar-refractivity contribution >= 4 is 35.1 Å². The summed E-state index contributed by atoms with van der Waals surface area (Å²) in [4.78, 5) is 14.8. The number of anilines is 1. The molecule has 3 N–H and O–H groups in total. The number of amidine groups is 1. The van der Waals surface area contributed by atoms with Crippen molar-refractivity contribution < 1.29 is 4.79 Å². The predicted molar refractivity (Wildman–Crippen MR) is 79.4 cm³/mol. The van der Waals surface area contributed by atoms with E-state index in [1.165, 1.54) is 0 Å². The number of hydrazone groups is 1. The summed E-state index contributed by atoms with van der Waals surface area (Å²) in [5.41, 5.74) is 4.56. The number of H-pyrrole nitrogens is 1. The van der Waals surface area contributed by atoms with E-state index < -0.39 is 0 Å². The van der Waals surface area contributed by atoms with E-state index in [-0.39, 0.29) is 5.91 Å². The number of carbonyl (C=O) groups excluding carboxylic acids is 1. The monoisotopic (exact) mass is 286 g/mol. The number of hydrogen-bond donors (Lipinski definition) is 3. The van der Waals surface area contributed by atoms with Gasteiger partial charge in [0.05, 0.1) is 5.57 Å². The number of amides is 1. The van der Waals surface area contributed by atoms with Crippen LogP contribution < -0.4 is 10.7 Å². The second kappa shape index (κ2) is 5.22. The Labute approximate surface area is 120 Å². The fraction of sp³-hybridized carbons (Fsp3) is 0. The molecule has 0 fully saturated rings. The highest BCUT2D eigenvalue weighted by Crippen LogP contribution is 2.17. The summed E-state index contributed by atoms with van der Waals surface area (Å²) in [5.74, 6) is 0.239. The first-order valence-corrected chi connectivity index (χ1v) is 6.36. The van der Waals surface area contributed by atoms with Crippen molar-refractivity contribution in [1.82, 2.24) is 10.4 Å². The van der Waals surface area contributed by atoms with Gasteiger partial charge in [0.1, 0.15) is 0 Å². The number of benzene rings is 1. The molecule has 1 aliphatic heterocycles. The molecule has 20 heavy (non-hydrogen) atoms. The van der Waals surface area contributed by atoms with E-state index in [9.17, 15) is 4.79 Å². The van der Waals surface area contributed by atoms with Crippen LogP contribution in [0.25, 0.3) is 6.08 Å². The third-order valence-electron chi connectivity index (χ3n) is 2.80. The Morgan fingerprint density at radius 2 is 2.00 bits per heavy atom. The van der Waals surface area contributed by atoms with Gasteiger partial charge in [0, 0.05) is 22.6 Å². The highest BCUT2D eigenvalue weighted by Gasteiger charge is 2.22. The molecule has 0 bridgehead atoms. The molecule has 1 aromatic heterocycles. The lowest BCUT2D eigenvalue weighted by Crippen LogP contribution is -2.17. The first-order chi connectivity index (χ1) is 9.72. The fourth-order valence-electron chi connectivity index (χ4n) is 1.82. The first-order valence-electron chi connectivity index (χ1n) is 5.98. The summed E-state index contributed by atoms with van der Waals surface area (Å²) in [6, 6.07) is 10.9. The maximum atomic E-state index is 11.8. The minimum atomic E-state index is -0.240. The summed E-state index contributed by atoms with van der Waals surface area (Å²) < 4.78 is 0. The molecular formula is C14H11ClN4O. The Hall–Kier alpha value is -2.53. The molecule has 1 amide bonds. The van der Waals surface area contributed by atoms with E-state index in [4.69, 9.17) is 11.6 Å². The molecule has 0 aliphatic carbocycles. The zero-order valence-corrected chi connectivity index (χ0v) is 11.1. The minimum Gasteiger partial charge on any atom is -0.362 e. The molecule has 1 aromatic carbocycles.